The van der Waals surface area contributed by atoms with Gasteiger partial charge in [0.25, 0.3) is 0 Å². The Kier molecular flexibility index (Phi) is 9.03. The molecule has 0 aliphatic carbocycles. The van der Waals surface area contributed by atoms with Crippen molar-refractivity contribution in [1.82, 2.24) is 10.2 Å². The Morgan fingerprint density at radius 1 is 1.12 bits per heavy atom. The van der Waals surface area contributed by atoms with Crippen molar-refractivity contribution in [3.8, 4) is 0 Å². The number of benzene rings is 2. The molecule has 0 fully saturated rings. The largest absolute Gasteiger partial charge is 0.357 e. The summed E-state index contributed by atoms with van der Waals surface area (Å²) in [6.07, 6.45) is 1.12. The van der Waals surface area contributed by atoms with Crippen molar-refractivity contribution in [2.24, 2.45) is 0 Å². The number of rotatable bonds is 10. The van der Waals surface area contributed by atoms with Crippen LogP contribution in [0.1, 0.15) is 25.3 Å². The minimum atomic E-state index is -3.75. The van der Waals surface area contributed by atoms with Crippen molar-refractivity contribution >= 4 is 39.1 Å². The van der Waals surface area contributed by atoms with Gasteiger partial charge in [0.05, 0.1) is 11.9 Å². The molecular weight excluding hydrogens is 457 g/mol. The van der Waals surface area contributed by atoms with E-state index in [9.17, 15) is 22.4 Å². The van der Waals surface area contributed by atoms with Crippen LogP contribution in [0.5, 0.6) is 0 Å². The second-order valence-electron chi connectivity index (χ2n) is 7.33. The fourth-order valence-corrected chi connectivity index (χ4v) is 4.31. The van der Waals surface area contributed by atoms with Gasteiger partial charge in [-0.2, -0.15) is 0 Å². The number of hydrogen-bond donors (Lipinski definition) is 1. The number of hydrogen-bond acceptors (Lipinski definition) is 4. The van der Waals surface area contributed by atoms with Gasteiger partial charge >= 0.3 is 0 Å². The molecule has 0 unspecified atom stereocenters. The summed E-state index contributed by atoms with van der Waals surface area (Å²) < 4.78 is 39.5. The molecule has 0 heterocycles. The number of carbonyl (C=O) groups is 2. The molecule has 0 saturated heterocycles. The van der Waals surface area contributed by atoms with E-state index in [1.807, 2.05) is 0 Å². The van der Waals surface area contributed by atoms with Crippen LogP contribution in [0.3, 0.4) is 0 Å². The van der Waals surface area contributed by atoms with Crippen molar-refractivity contribution in [3.63, 3.8) is 0 Å². The number of amides is 2. The molecule has 32 heavy (non-hydrogen) atoms. The number of sulfonamides is 1. The average Bonchev–Trinajstić information content (AvgIpc) is 2.75. The maximum atomic E-state index is 14.2. The van der Waals surface area contributed by atoms with Crippen LogP contribution in [0.25, 0.3) is 0 Å². The highest BCUT2D eigenvalue weighted by molar-refractivity contribution is 7.92. The van der Waals surface area contributed by atoms with Crippen LogP contribution in [0, 0.1) is 5.82 Å². The Hall–Kier alpha value is -2.65. The zero-order chi connectivity index (χ0) is 23.9. The summed E-state index contributed by atoms with van der Waals surface area (Å²) in [4.78, 5) is 26.6. The van der Waals surface area contributed by atoms with Gasteiger partial charge < -0.3 is 10.2 Å². The van der Waals surface area contributed by atoms with Gasteiger partial charge in [-0.3, -0.25) is 13.9 Å². The molecule has 0 aliphatic rings. The number of para-hydroxylation sites is 1. The van der Waals surface area contributed by atoms with E-state index < -0.39 is 21.9 Å². The van der Waals surface area contributed by atoms with E-state index in [2.05, 4.69) is 5.32 Å². The van der Waals surface area contributed by atoms with Crippen molar-refractivity contribution in [2.45, 2.75) is 32.4 Å². The molecule has 1 N–H and O–H groups in total. The number of carbonyl (C=O) groups excluding carboxylic acids is 2. The molecule has 174 valence electrons. The Morgan fingerprint density at radius 3 is 2.31 bits per heavy atom. The van der Waals surface area contributed by atoms with E-state index >= 15 is 0 Å². The highest BCUT2D eigenvalue weighted by atomic mass is 35.5. The van der Waals surface area contributed by atoms with E-state index in [0.717, 1.165) is 16.1 Å². The van der Waals surface area contributed by atoms with Crippen LogP contribution < -0.4 is 9.62 Å². The van der Waals surface area contributed by atoms with Gasteiger partial charge in [0.2, 0.25) is 21.8 Å². The number of anilines is 1. The van der Waals surface area contributed by atoms with E-state index in [0.29, 0.717) is 5.02 Å². The Labute approximate surface area is 193 Å². The van der Waals surface area contributed by atoms with Crippen LogP contribution in [-0.4, -0.2) is 51.0 Å². The quantitative estimate of drug-likeness (QED) is 0.562. The van der Waals surface area contributed by atoms with Crippen molar-refractivity contribution < 1.29 is 22.4 Å². The average molecular weight is 484 g/mol. The third kappa shape index (κ3) is 6.93. The number of nitrogens with one attached hydrogen (secondary N) is 1. The van der Waals surface area contributed by atoms with Crippen LogP contribution in [0.15, 0.2) is 48.5 Å². The predicted molar refractivity (Wildman–Crippen MR) is 123 cm³/mol. The zero-order valence-electron chi connectivity index (χ0n) is 18.2. The topological polar surface area (TPSA) is 86.8 Å². The van der Waals surface area contributed by atoms with Gasteiger partial charge in [-0.1, -0.05) is 35.9 Å². The Balaban J connectivity index is 2.14. The lowest BCUT2D eigenvalue weighted by Gasteiger charge is -2.29. The standard InChI is InChI=1S/C22H27ClFN3O4S/c1-16(22(29)25-2)26(15-17-10-12-18(23)13-11-17)21(28)9-6-14-27(32(3,30)31)20-8-5-4-7-19(20)24/h4-5,7-8,10-13,16H,6,9,14-15H2,1-3H3,(H,25,29)/t16-/m1/s1. The van der Waals surface area contributed by atoms with Crippen molar-refractivity contribution in [3.05, 3.63) is 64.9 Å². The maximum absolute atomic E-state index is 14.2. The highest BCUT2D eigenvalue weighted by Crippen LogP contribution is 2.22. The minimum Gasteiger partial charge on any atom is -0.357 e. The molecule has 2 amide bonds. The smallest absolute Gasteiger partial charge is 0.242 e. The van der Waals surface area contributed by atoms with Crippen molar-refractivity contribution in [1.29, 1.82) is 0 Å². The molecule has 1 atom stereocenters. The zero-order valence-corrected chi connectivity index (χ0v) is 19.8. The summed E-state index contributed by atoms with van der Waals surface area (Å²) in [7, 11) is -2.26. The lowest BCUT2D eigenvalue weighted by Crippen LogP contribution is -2.46. The maximum Gasteiger partial charge on any atom is 0.242 e. The van der Waals surface area contributed by atoms with Crippen LogP contribution in [-0.2, 0) is 26.2 Å². The van der Waals surface area contributed by atoms with Gasteiger partial charge in [0.15, 0.2) is 0 Å². The van der Waals surface area contributed by atoms with Crippen molar-refractivity contribution in [2.75, 3.05) is 24.2 Å². The monoisotopic (exact) mass is 483 g/mol. The number of halogens is 2. The second-order valence-corrected chi connectivity index (χ2v) is 9.67. The van der Waals surface area contributed by atoms with E-state index in [1.165, 1.54) is 30.1 Å². The summed E-state index contributed by atoms with van der Waals surface area (Å²) in [5, 5.41) is 3.09. The molecule has 0 saturated carbocycles. The van der Waals surface area contributed by atoms with E-state index in [1.54, 1.807) is 37.3 Å². The molecule has 0 spiro atoms. The normalized spacial score (nSPS) is 12.2. The first-order valence-corrected chi connectivity index (χ1v) is 12.2. The fourth-order valence-electron chi connectivity index (χ4n) is 3.21. The number of likely N-dealkylation sites (N-methyl/N-ethyl adjacent to an activating group) is 1. The highest BCUT2D eigenvalue weighted by Gasteiger charge is 2.26. The van der Waals surface area contributed by atoms with Crippen LogP contribution >= 0.6 is 11.6 Å². The van der Waals surface area contributed by atoms with Crippen LogP contribution in [0.4, 0.5) is 10.1 Å². The molecule has 2 aromatic carbocycles. The van der Waals surface area contributed by atoms with Gasteiger partial charge in [-0.25, -0.2) is 12.8 Å². The second kappa shape index (κ2) is 11.3. The summed E-state index contributed by atoms with van der Waals surface area (Å²) in [5.41, 5.74) is 0.724. The summed E-state index contributed by atoms with van der Waals surface area (Å²) in [6, 6.07) is 11.8. The lowest BCUT2D eigenvalue weighted by molar-refractivity contribution is -0.140. The van der Waals surface area contributed by atoms with Gasteiger partial charge in [-0.05, 0) is 43.2 Å². The molecule has 2 aromatic rings. The first kappa shape index (κ1) is 25.6. The molecule has 10 heteroatoms. The molecular formula is C22H27ClFN3O4S. The molecule has 0 aromatic heterocycles. The molecule has 2 rings (SSSR count). The fraction of sp³-hybridized carbons (Fsp3) is 0.364. The Morgan fingerprint density at radius 2 is 1.75 bits per heavy atom. The SMILES string of the molecule is CNC(=O)[C@@H](C)N(Cc1ccc(Cl)cc1)C(=O)CCCN(c1ccccc1F)S(C)(=O)=O. The molecule has 7 nitrogen and oxygen atoms in total. The third-order valence-electron chi connectivity index (χ3n) is 4.95. The first-order chi connectivity index (χ1) is 15.0. The predicted octanol–water partition coefficient (Wildman–Crippen LogP) is 3.19. The first-order valence-electron chi connectivity index (χ1n) is 10.0. The summed E-state index contributed by atoms with van der Waals surface area (Å²) >= 11 is 5.92. The third-order valence-corrected chi connectivity index (χ3v) is 6.39. The van der Waals surface area contributed by atoms with E-state index in [4.69, 9.17) is 11.6 Å². The molecule has 0 radical (unpaired) electrons. The van der Waals surface area contributed by atoms with Gasteiger partial charge in [0.1, 0.15) is 11.9 Å². The molecule has 0 aliphatic heterocycles. The number of nitrogens with zero attached hydrogens (tertiary/aromatic N) is 2. The summed E-state index contributed by atoms with van der Waals surface area (Å²) in [6.45, 7) is 1.73. The summed E-state index contributed by atoms with van der Waals surface area (Å²) in [5.74, 6) is -1.31. The lowest BCUT2D eigenvalue weighted by atomic mass is 10.1. The van der Waals surface area contributed by atoms with Crippen LogP contribution in [0.2, 0.25) is 5.02 Å². The van der Waals surface area contributed by atoms with Gasteiger partial charge in [0, 0.05) is 31.6 Å². The minimum absolute atomic E-state index is 0.0185. The van der Waals surface area contributed by atoms with Gasteiger partial charge in [-0.15, -0.1) is 0 Å². The van der Waals surface area contributed by atoms with E-state index in [-0.39, 0.29) is 43.4 Å². The molecule has 0 bridgehead atoms. The Bertz CT molecular complexity index is 1050.